The van der Waals surface area contributed by atoms with Crippen molar-refractivity contribution in [3.05, 3.63) is 57.9 Å². The fourth-order valence-corrected chi connectivity index (χ4v) is 5.61. The Hall–Kier alpha value is -3.19. The molecule has 0 unspecified atom stereocenters. The van der Waals surface area contributed by atoms with Crippen LogP contribution in [0, 0.1) is 15.9 Å². The number of nitrogens with zero attached hydrogens (tertiary/aromatic N) is 5. The lowest BCUT2D eigenvalue weighted by Crippen LogP contribution is -2.39. The molecule has 0 N–H and O–H groups in total. The summed E-state index contributed by atoms with van der Waals surface area (Å²) in [6, 6.07) is 9.28. The minimum Gasteiger partial charge on any atom is -0.379 e. The number of hydrogen-bond acceptors (Lipinski definition) is 9. The van der Waals surface area contributed by atoms with Gasteiger partial charge < -0.3 is 14.4 Å². The number of thiazole rings is 1. The molecule has 196 valence electrons. The van der Waals surface area contributed by atoms with E-state index in [4.69, 9.17) is 9.47 Å². The monoisotopic (exact) mass is 529 g/mol. The number of hydrogen-bond donors (Lipinski definition) is 0. The lowest BCUT2D eigenvalue weighted by Gasteiger charge is -2.29. The molecule has 1 aromatic heterocycles. The van der Waals surface area contributed by atoms with Crippen molar-refractivity contribution in [2.75, 3.05) is 75.5 Å². The van der Waals surface area contributed by atoms with Crippen molar-refractivity contribution in [2.24, 2.45) is 0 Å². The van der Waals surface area contributed by atoms with Crippen LogP contribution < -0.4 is 9.80 Å². The summed E-state index contributed by atoms with van der Waals surface area (Å²) >= 11 is 1.23. The molecule has 3 heterocycles. The van der Waals surface area contributed by atoms with Gasteiger partial charge in [-0.3, -0.25) is 24.7 Å². The highest BCUT2D eigenvalue weighted by Crippen LogP contribution is 2.34. The van der Waals surface area contributed by atoms with E-state index in [1.807, 2.05) is 4.90 Å². The van der Waals surface area contributed by atoms with Crippen molar-refractivity contribution in [1.82, 2.24) is 9.88 Å². The summed E-state index contributed by atoms with van der Waals surface area (Å²) in [5, 5.41) is 12.3. The number of nitro groups is 1. The number of ether oxygens (including phenoxy) is 2. The average molecular weight is 530 g/mol. The minimum absolute atomic E-state index is 0.128. The van der Waals surface area contributed by atoms with Crippen molar-refractivity contribution in [2.45, 2.75) is 6.42 Å². The highest BCUT2D eigenvalue weighted by molar-refractivity contribution is 7.22. The lowest BCUT2D eigenvalue weighted by molar-refractivity contribution is -0.384. The van der Waals surface area contributed by atoms with Crippen molar-refractivity contribution >= 4 is 44.0 Å². The third kappa shape index (κ3) is 5.72. The SMILES string of the molecule is O=C(c1ccc(N2CCOCC2)c([N+](=O)[O-])c1)N(CCCN1CCOCC1)c1nc2c(F)cccc2s1. The van der Waals surface area contributed by atoms with Crippen LogP contribution in [-0.2, 0) is 9.47 Å². The van der Waals surface area contributed by atoms with Gasteiger partial charge in [-0.2, -0.15) is 0 Å². The normalized spacial score (nSPS) is 16.7. The number of carbonyl (C=O) groups is 1. The van der Waals surface area contributed by atoms with Crippen LogP contribution in [0.3, 0.4) is 0 Å². The van der Waals surface area contributed by atoms with Crippen LogP contribution in [0.25, 0.3) is 10.2 Å². The second kappa shape index (κ2) is 11.5. The molecule has 0 saturated carbocycles. The van der Waals surface area contributed by atoms with Crippen LogP contribution in [0.15, 0.2) is 36.4 Å². The predicted octanol–water partition coefficient (Wildman–Crippen LogP) is 3.55. The number of carbonyl (C=O) groups excluding carboxylic acids is 1. The second-order valence-electron chi connectivity index (χ2n) is 8.91. The van der Waals surface area contributed by atoms with Gasteiger partial charge in [0.05, 0.1) is 36.1 Å². The average Bonchev–Trinajstić information content (AvgIpc) is 3.37. The number of benzene rings is 2. The molecule has 3 aromatic rings. The molecule has 2 fully saturated rings. The Morgan fingerprint density at radius 1 is 1.11 bits per heavy atom. The highest BCUT2D eigenvalue weighted by Gasteiger charge is 2.27. The Balaban J connectivity index is 1.44. The molecule has 0 bridgehead atoms. The maximum Gasteiger partial charge on any atom is 0.293 e. The van der Waals surface area contributed by atoms with Gasteiger partial charge in [0.1, 0.15) is 17.0 Å². The van der Waals surface area contributed by atoms with Crippen LogP contribution in [-0.4, -0.2) is 86.4 Å². The smallest absolute Gasteiger partial charge is 0.293 e. The van der Waals surface area contributed by atoms with Crippen molar-refractivity contribution in [1.29, 1.82) is 0 Å². The number of nitro benzene ring substituents is 1. The molecule has 0 atom stereocenters. The van der Waals surface area contributed by atoms with Gasteiger partial charge in [0, 0.05) is 50.9 Å². The summed E-state index contributed by atoms with van der Waals surface area (Å²) < 4.78 is 25.8. The molecule has 0 aliphatic carbocycles. The molecular formula is C25H28FN5O5S. The first-order valence-corrected chi connectivity index (χ1v) is 13.1. The maximum atomic E-state index is 14.4. The van der Waals surface area contributed by atoms with Gasteiger partial charge in [0.2, 0.25) is 0 Å². The van der Waals surface area contributed by atoms with Gasteiger partial charge in [-0.25, -0.2) is 9.37 Å². The molecule has 10 nitrogen and oxygen atoms in total. The summed E-state index contributed by atoms with van der Waals surface area (Å²) in [4.78, 5) is 35.3. The van der Waals surface area contributed by atoms with Crippen molar-refractivity contribution in [3.8, 4) is 0 Å². The van der Waals surface area contributed by atoms with Gasteiger partial charge >= 0.3 is 0 Å². The van der Waals surface area contributed by atoms with E-state index in [1.165, 1.54) is 28.4 Å². The highest BCUT2D eigenvalue weighted by atomic mass is 32.1. The van der Waals surface area contributed by atoms with Crippen molar-refractivity contribution in [3.63, 3.8) is 0 Å². The zero-order valence-corrected chi connectivity index (χ0v) is 21.1. The van der Waals surface area contributed by atoms with Crippen LogP contribution in [0.4, 0.5) is 20.9 Å². The molecule has 37 heavy (non-hydrogen) atoms. The molecule has 2 saturated heterocycles. The molecule has 0 radical (unpaired) electrons. The van der Waals surface area contributed by atoms with Crippen LogP contribution >= 0.6 is 11.3 Å². The zero-order chi connectivity index (χ0) is 25.8. The summed E-state index contributed by atoms with van der Waals surface area (Å²) in [6.07, 6.45) is 0.665. The largest absolute Gasteiger partial charge is 0.379 e. The summed E-state index contributed by atoms with van der Waals surface area (Å²) in [5.74, 6) is -0.857. The van der Waals surface area contributed by atoms with Gasteiger partial charge in [-0.15, -0.1) is 0 Å². The molecule has 1 amide bonds. The Morgan fingerprint density at radius 2 is 1.84 bits per heavy atom. The van der Waals surface area contributed by atoms with E-state index in [9.17, 15) is 19.3 Å². The first-order valence-electron chi connectivity index (χ1n) is 12.3. The number of anilines is 2. The lowest BCUT2D eigenvalue weighted by atomic mass is 10.1. The van der Waals surface area contributed by atoms with Gasteiger partial charge in [-0.05, 0) is 30.7 Å². The first-order chi connectivity index (χ1) is 18.0. The Labute approximate surface area is 217 Å². The molecule has 2 aromatic carbocycles. The van der Waals surface area contributed by atoms with E-state index in [0.29, 0.717) is 68.0 Å². The summed E-state index contributed by atoms with van der Waals surface area (Å²) in [6.45, 7) is 6.19. The van der Waals surface area contributed by atoms with E-state index < -0.39 is 16.6 Å². The zero-order valence-electron chi connectivity index (χ0n) is 20.3. The Morgan fingerprint density at radius 3 is 2.54 bits per heavy atom. The number of amides is 1. The van der Waals surface area contributed by atoms with Gasteiger partial charge in [0.15, 0.2) is 5.13 Å². The molecular weight excluding hydrogens is 501 g/mol. The molecule has 12 heteroatoms. The molecule has 2 aliphatic rings. The fourth-order valence-electron chi connectivity index (χ4n) is 4.61. The van der Waals surface area contributed by atoms with E-state index in [0.717, 1.165) is 19.6 Å². The Kier molecular flexibility index (Phi) is 7.89. The van der Waals surface area contributed by atoms with Gasteiger partial charge in [0.25, 0.3) is 11.6 Å². The summed E-state index contributed by atoms with van der Waals surface area (Å²) in [5.41, 5.74) is 0.735. The van der Waals surface area contributed by atoms with Gasteiger partial charge in [-0.1, -0.05) is 17.4 Å². The number of aromatic nitrogens is 1. The van der Waals surface area contributed by atoms with E-state index in [1.54, 1.807) is 24.3 Å². The predicted molar refractivity (Wildman–Crippen MR) is 139 cm³/mol. The van der Waals surface area contributed by atoms with Crippen LogP contribution in [0.2, 0.25) is 0 Å². The number of para-hydroxylation sites is 1. The quantitative estimate of drug-likeness (QED) is 0.323. The van der Waals surface area contributed by atoms with E-state index >= 15 is 0 Å². The molecule has 5 rings (SSSR count). The molecule has 0 spiro atoms. The molecule has 2 aliphatic heterocycles. The summed E-state index contributed by atoms with van der Waals surface area (Å²) in [7, 11) is 0. The van der Waals surface area contributed by atoms with Crippen LogP contribution in [0.5, 0.6) is 0 Å². The second-order valence-corrected chi connectivity index (χ2v) is 9.92. The minimum atomic E-state index is -0.461. The van der Waals surface area contributed by atoms with E-state index in [-0.39, 0.29) is 16.8 Å². The standard InChI is InChI=1S/C25H28FN5O5S/c26-19-3-1-4-22-23(19)27-25(37-22)30(8-2-7-28-9-13-35-14-10-28)24(32)18-5-6-20(21(17-18)31(33)34)29-11-15-36-16-12-29/h1,3-6,17H,2,7-16H2. The Bertz CT molecular complexity index is 1280. The van der Waals surface area contributed by atoms with Crippen LogP contribution in [0.1, 0.15) is 16.8 Å². The maximum absolute atomic E-state index is 14.4. The number of morpholine rings is 2. The van der Waals surface area contributed by atoms with Crippen molar-refractivity contribution < 1.29 is 23.6 Å². The number of fused-ring (bicyclic) bond motifs is 1. The van der Waals surface area contributed by atoms with E-state index in [2.05, 4.69) is 9.88 Å². The topological polar surface area (TPSA) is 101 Å². The first kappa shape index (κ1) is 25.5. The number of halogens is 1. The fraction of sp³-hybridized carbons (Fsp3) is 0.440. The third-order valence-corrected chi connectivity index (χ3v) is 7.61. The third-order valence-electron chi connectivity index (χ3n) is 6.57. The number of rotatable bonds is 8.